The minimum Gasteiger partial charge on any atom is -0.463 e. The van der Waals surface area contributed by atoms with Crippen molar-refractivity contribution in [1.29, 1.82) is 0 Å². The molecule has 1 amide bonds. The number of aromatic nitrogens is 3. The van der Waals surface area contributed by atoms with E-state index in [-0.39, 0.29) is 6.09 Å². The molecule has 0 unspecified atom stereocenters. The summed E-state index contributed by atoms with van der Waals surface area (Å²) in [7, 11) is 0. The number of benzene rings is 1. The zero-order chi connectivity index (χ0) is 23.0. The fourth-order valence-electron chi connectivity index (χ4n) is 3.93. The normalized spacial score (nSPS) is 14.6. The number of nitrogens with zero attached hydrogens (tertiary/aromatic N) is 5. The Morgan fingerprint density at radius 2 is 1.73 bits per heavy atom. The van der Waals surface area contributed by atoms with Crippen molar-refractivity contribution < 1.29 is 13.9 Å². The largest absolute Gasteiger partial charge is 0.463 e. The monoisotopic (exact) mass is 445 g/mol. The fraction of sp³-hybridized carbons (Fsp3) is 0.320. The van der Waals surface area contributed by atoms with E-state index in [1.165, 1.54) is 0 Å². The van der Waals surface area contributed by atoms with E-state index in [9.17, 15) is 4.79 Å². The Morgan fingerprint density at radius 3 is 2.39 bits per heavy atom. The van der Waals surface area contributed by atoms with Crippen LogP contribution in [0.25, 0.3) is 28.4 Å². The number of ether oxygens (including phenoxy) is 1. The molecule has 1 fully saturated rings. The van der Waals surface area contributed by atoms with Gasteiger partial charge in [0.25, 0.3) is 0 Å². The quantitative estimate of drug-likeness (QED) is 0.454. The number of carbonyl (C=O) groups excluding carboxylic acids is 1. The van der Waals surface area contributed by atoms with Crippen molar-refractivity contribution in [2.24, 2.45) is 0 Å². The van der Waals surface area contributed by atoms with Crippen molar-refractivity contribution in [3.63, 3.8) is 0 Å². The van der Waals surface area contributed by atoms with Crippen LogP contribution in [0.5, 0.6) is 0 Å². The van der Waals surface area contributed by atoms with E-state index in [1.54, 1.807) is 11.2 Å². The first-order valence-corrected chi connectivity index (χ1v) is 11.1. The van der Waals surface area contributed by atoms with Gasteiger partial charge in [0.1, 0.15) is 17.1 Å². The van der Waals surface area contributed by atoms with Crippen molar-refractivity contribution in [2.45, 2.75) is 26.4 Å². The lowest BCUT2D eigenvalue weighted by Crippen LogP contribution is -2.50. The molecule has 0 saturated carbocycles. The number of furan rings is 1. The van der Waals surface area contributed by atoms with E-state index in [0.717, 1.165) is 28.4 Å². The highest BCUT2D eigenvalue weighted by Gasteiger charge is 2.27. The van der Waals surface area contributed by atoms with Crippen LogP contribution in [0.1, 0.15) is 20.8 Å². The number of rotatable bonds is 3. The molecule has 0 spiro atoms. The number of fused-ring (bicyclic) bond motifs is 1. The SMILES string of the molecule is CC(C)(C)OC(=O)N1CCN(c2cc(-c3ccco3)nc3cc(-c4ccccc4)nn23)CC1. The van der Waals surface area contributed by atoms with Gasteiger partial charge in [-0.05, 0) is 32.9 Å². The Morgan fingerprint density at radius 1 is 0.970 bits per heavy atom. The first-order chi connectivity index (χ1) is 15.9. The molecule has 0 atom stereocenters. The van der Waals surface area contributed by atoms with Gasteiger partial charge in [-0.2, -0.15) is 9.61 Å². The average molecular weight is 446 g/mol. The average Bonchev–Trinajstić information content (AvgIpc) is 3.48. The van der Waals surface area contributed by atoms with E-state index in [2.05, 4.69) is 4.90 Å². The summed E-state index contributed by atoms with van der Waals surface area (Å²) in [4.78, 5) is 21.3. The van der Waals surface area contributed by atoms with Gasteiger partial charge in [0, 0.05) is 43.9 Å². The number of hydrogen-bond acceptors (Lipinski definition) is 6. The van der Waals surface area contributed by atoms with Crippen LogP contribution in [0.2, 0.25) is 0 Å². The molecule has 3 aromatic heterocycles. The van der Waals surface area contributed by atoms with E-state index in [1.807, 2.05) is 79.9 Å². The molecule has 1 aromatic carbocycles. The smallest absolute Gasteiger partial charge is 0.410 e. The number of hydrogen-bond donors (Lipinski definition) is 0. The third kappa shape index (κ3) is 4.41. The summed E-state index contributed by atoms with van der Waals surface area (Å²) >= 11 is 0. The summed E-state index contributed by atoms with van der Waals surface area (Å²) in [5.74, 6) is 1.62. The van der Waals surface area contributed by atoms with Gasteiger partial charge >= 0.3 is 6.09 Å². The van der Waals surface area contributed by atoms with Gasteiger partial charge in [0.05, 0.1) is 12.0 Å². The number of carbonyl (C=O) groups is 1. The summed E-state index contributed by atoms with van der Waals surface area (Å²) in [6, 6.07) is 17.8. The van der Waals surface area contributed by atoms with Crippen LogP contribution in [0.4, 0.5) is 10.6 Å². The van der Waals surface area contributed by atoms with Crippen LogP contribution in [0.15, 0.2) is 65.3 Å². The van der Waals surface area contributed by atoms with Gasteiger partial charge in [0.2, 0.25) is 0 Å². The summed E-state index contributed by atoms with van der Waals surface area (Å²) in [5.41, 5.74) is 2.87. The zero-order valence-electron chi connectivity index (χ0n) is 19.1. The molecule has 4 heterocycles. The Bertz CT molecular complexity index is 1250. The third-order valence-electron chi connectivity index (χ3n) is 5.51. The van der Waals surface area contributed by atoms with Gasteiger partial charge in [-0.25, -0.2) is 9.78 Å². The van der Waals surface area contributed by atoms with Gasteiger partial charge in [-0.3, -0.25) is 0 Å². The summed E-state index contributed by atoms with van der Waals surface area (Å²) < 4.78 is 13.0. The van der Waals surface area contributed by atoms with Crippen molar-refractivity contribution in [3.05, 3.63) is 60.9 Å². The lowest BCUT2D eigenvalue weighted by Gasteiger charge is -2.36. The van der Waals surface area contributed by atoms with Gasteiger partial charge < -0.3 is 19.0 Å². The Hall–Kier alpha value is -3.81. The van der Waals surface area contributed by atoms with Crippen LogP contribution >= 0.6 is 0 Å². The molecule has 8 nitrogen and oxygen atoms in total. The van der Waals surface area contributed by atoms with Crippen molar-refractivity contribution in [1.82, 2.24) is 19.5 Å². The minimum atomic E-state index is -0.508. The topological polar surface area (TPSA) is 76.1 Å². The molecule has 0 N–H and O–H groups in total. The molecule has 4 aromatic rings. The van der Waals surface area contributed by atoms with Gasteiger partial charge in [0.15, 0.2) is 11.4 Å². The van der Waals surface area contributed by atoms with E-state index < -0.39 is 5.60 Å². The highest BCUT2D eigenvalue weighted by Crippen LogP contribution is 2.28. The summed E-state index contributed by atoms with van der Waals surface area (Å²) in [6.45, 7) is 8.11. The van der Waals surface area contributed by atoms with Gasteiger partial charge in [-0.15, -0.1) is 0 Å². The summed E-state index contributed by atoms with van der Waals surface area (Å²) in [5, 5.41) is 4.86. The third-order valence-corrected chi connectivity index (χ3v) is 5.51. The minimum absolute atomic E-state index is 0.274. The maximum absolute atomic E-state index is 12.5. The Labute approximate surface area is 192 Å². The van der Waals surface area contributed by atoms with Crippen molar-refractivity contribution >= 4 is 17.6 Å². The fourth-order valence-corrected chi connectivity index (χ4v) is 3.93. The molecule has 8 heteroatoms. The molecule has 170 valence electrons. The van der Waals surface area contributed by atoms with Crippen LogP contribution < -0.4 is 4.90 Å². The molecule has 5 rings (SSSR count). The Kier molecular flexibility index (Phi) is 5.28. The maximum atomic E-state index is 12.5. The lowest BCUT2D eigenvalue weighted by atomic mass is 10.2. The first-order valence-electron chi connectivity index (χ1n) is 11.1. The van der Waals surface area contributed by atoms with Gasteiger partial charge in [-0.1, -0.05) is 30.3 Å². The van der Waals surface area contributed by atoms with E-state index in [4.69, 9.17) is 19.2 Å². The van der Waals surface area contributed by atoms with Crippen LogP contribution in [-0.4, -0.2) is 57.4 Å². The molecule has 0 aliphatic carbocycles. The first kappa shape index (κ1) is 21.1. The van der Waals surface area contributed by atoms with E-state index >= 15 is 0 Å². The number of amides is 1. The molecule has 0 bridgehead atoms. The van der Waals surface area contributed by atoms with Crippen molar-refractivity contribution in [2.75, 3.05) is 31.1 Å². The standard InChI is InChI=1S/C25H27N5O3/c1-25(2,3)33-24(31)29-13-11-28(12-14-29)23-17-20(21-10-7-15-32-21)26-22-16-19(27-30(22)23)18-8-5-4-6-9-18/h4-10,15-17H,11-14H2,1-3H3. The molecule has 0 radical (unpaired) electrons. The number of piperazine rings is 1. The molecule has 1 aliphatic rings. The zero-order valence-corrected chi connectivity index (χ0v) is 19.1. The second-order valence-electron chi connectivity index (χ2n) is 9.10. The predicted molar refractivity (Wildman–Crippen MR) is 126 cm³/mol. The predicted octanol–water partition coefficient (Wildman–Crippen LogP) is 4.71. The van der Waals surface area contributed by atoms with Crippen molar-refractivity contribution in [3.8, 4) is 22.7 Å². The van der Waals surface area contributed by atoms with Crippen LogP contribution in [-0.2, 0) is 4.74 Å². The Balaban J connectivity index is 1.48. The second-order valence-corrected chi connectivity index (χ2v) is 9.10. The highest BCUT2D eigenvalue weighted by atomic mass is 16.6. The lowest BCUT2D eigenvalue weighted by molar-refractivity contribution is 0.0240. The molecule has 1 aliphatic heterocycles. The second kappa shape index (κ2) is 8.27. The molecule has 33 heavy (non-hydrogen) atoms. The molecule has 1 saturated heterocycles. The van der Waals surface area contributed by atoms with E-state index in [0.29, 0.717) is 31.9 Å². The maximum Gasteiger partial charge on any atom is 0.410 e. The highest BCUT2D eigenvalue weighted by molar-refractivity contribution is 5.71. The molecular formula is C25H27N5O3. The molecular weight excluding hydrogens is 418 g/mol. The summed E-state index contributed by atoms with van der Waals surface area (Å²) in [6.07, 6.45) is 1.37. The van der Waals surface area contributed by atoms with Crippen LogP contribution in [0, 0.1) is 0 Å². The number of anilines is 1. The van der Waals surface area contributed by atoms with Crippen LogP contribution in [0.3, 0.4) is 0 Å².